The number of nitrogens with zero attached hydrogens (tertiary/aromatic N) is 2. The number of nitrogens with one attached hydrogen (secondary N) is 1. The van der Waals surface area contributed by atoms with Crippen LogP contribution in [0.2, 0.25) is 0 Å². The van der Waals surface area contributed by atoms with E-state index in [-0.39, 0.29) is 0 Å². The predicted molar refractivity (Wildman–Crippen MR) is 72.4 cm³/mol. The van der Waals surface area contributed by atoms with Crippen molar-refractivity contribution >= 4 is 0 Å². The molecule has 1 aromatic heterocycles. The van der Waals surface area contributed by atoms with Crippen LogP contribution in [-0.4, -0.2) is 35.7 Å². The van der Waals surface area contributed by atoms with Gasteiger partial charge in [0.1, 0.15) is 5.76 Å². The Kier molecular flexibility index (Phi) is 4.78. The molecular weight excluding hydrogens is 226 g/mol. The zero-order chi connectivity index (χ0) is 13.0. The summed E-state index contributed by atoms with van der Waals surface area (Å²) in [5.74, 6) is 1.68. The molecule has 2 heterocycles. The summed E-state index contributed by atoms with van der Waals surface area (Å²) in [5.41, 5.74) is 1.06. The number of hydrogen-bond donors (Lipinski definition) is 1. The number of aromatic nitrogens is 1. The van der Waals surface area contributed by atoms with Gasteiger partial charge in [0.25, 0.3) is 0 Å². The molecule has 0 spiro atoms. The second kappa shape index (κ2) is 6.34. The fraction of sp³-hybridized carbons (Fsp3) is 0.786. The highest BCUT2D eigenvalue weighted by atomic mass is 16.5. The molecule has 4 heteroatoms. The van der Waals surface area contributed by atoms with Crippen molar-refractivity contribution in [3.63, 3.8) is 0 Å². The Labute approximate surface area is 110 Å². The van der Waals surface area contributed by atoms with E-state index in [4.69, 9.17) is 4.52 Å². The quantitative estimate of drug-likeness (QED) is 0.871. The third kappa shape index (κ3) is 4.10. The van der Waals surface area contributed by atoms with Gasteiger partial charge in [-0.2, -0.15) is 0 Å². The van der Waals surface area contributed by atoms with Gasteiger partial charge in [-0.25, -0.2) is 0 Å². The fourth-order valence-electron chi connectivity index (χ4n) is 2.59. The Morgan fingerprint density at radius 3 is 3.06 bits per heavy atom. The van der Waals surface area contributed by atoms with Crippen molar-refractivity contribution in [2.24, 2.45) is 5.92 Å². The molecule has 1 aromatic rings. The van der Waals surface area contributed by atoms with Crippen molar-refractivity contribution in [2.75, 3.05) is 19.6 Å². The Bertz CT molecular complexity index is 362. The van der Waals surface area contributed by atoms with E-state index >= 15 is 0 Å². The largest absolute Gasteiger partial charge is 0.361 e. The van der Waals surface area contributed by atoms with E-state index in [1.165, 1.54) is 25.9 Å². The van der Waals surface area contributed by atoms with Crippen LogP contribution >= 0.6 is 0 Å². The average molecular weight is 251 g/mol. The van der Waals surface area contributed by atoms with Crippen molar-refractivity contribution in [3.05, 3.63) is 17.5 Å². The highest BCUT2D eigenvalue weighted by Gasteiger charge is 2.20. The van der Waals surface area contributed by atoms with Gasteiger partial charge >= 0.3 is 0 Å². The van der Waals surface area contributed by atoms with Crippen LogP contribution in [0.1, 0.15) is 38.1 Å². The van der Waals surface area contributed by atoms with Gasteiger partial charge < -0.3 is 9.84 Å². The van der Waals surface area contributed by atoms with Crippen LogP contribution in [0.4, 0.5) is 0 Å². The Hall–Kier alpha value is -0.870. The average Bonchev–Trinajstić information content (AvgIpc) is 2.73. The summed E-state index contributed by atoms with van der Waals surface area (Å²) in [6.07, 6.45) is 2.63. The molecule has 0 aliphatic carbocycles. The van der Waals surface area contributed by atoms with E-state index in [2.05, 4.69) is 29.2 Å². The molecule has 0 radical (unpaired) electrons. The second-order valence-corrected chi connectivity index (χ2v) is 5.74. The molecule has 102 valence electrons. The lowest BCUT2D eigenvalue weighted by Crippen LogP contribution is -2.40. The van der Waals surface area contributed by atoms with Crippen molar-refractivity contribution in [2.45, 2.75) is 46.2 Å². The highest BCUT2D eigenvalue weighted by Crippen LogP contribution is 2.18. The highest BCUT2D eigenvalue weighted by molar-refractivity contribution is 5.03. The molecule has 0 amide bonds. The van der Waals surface area contributed by atoms with Crippen molar-refractivity contribution in [1.29, 1.82) is 0 Å². The molecule has 1 aliphatic rings. The van der Waals surface area contributed by atoms with Crippen molar-refractivity contribution in [1.82, 2.24) is 15.4 Å². The fourth-order valence-corrected chi connectivity index (χ4v) is 2.59. The van der Waals surface area contributed by atoms with Crippen molar-refractivity contribution < 1.29 is 4.52 Å². The topological polar surface area (TPSA) is 41.3 Å². The van der Waals surface area contributed by atoms with E-state index in [0.29, 0.717) is 6.04 Å². The van der Waals surface area contributed by atoms with Crippen LogP contribution in [0.5, 0.6) is 0 Å². The van der Waals surface area contributed by atoms with Gasteiger partial charge in [-0.05, 0) is 38.8 Å². The molecule has 0 aromatic carbocycles. The zero-order valence-electron chi connectivity index (χ0n) is 11.8. The monoisotopic (exact) mass is 251 g/mol. The van der Waals surface area contributed by atoms with Gasteiger partial charge in [-0.1, -0.05) is 19.0 Å². The minimum Gasteiger partial charge on any atom is -0.361 e. The maximum Gasteiger partial charge on any atom is 0.133 e. The maximum absolute atomic E-state index is 5.12. The molecule has 1 fully saturated rings. The van der Waals surface area contributed by atoms with Gasteiger partial charge in [-0.3, -0.25) is 4.90 Å². The first-order valence-electron chi connectivity index (χ1n) is 7.01. The molecule has 1 N–H and O–H groups in total. The standard InChI is InChI=1S/C14H25N3O/c1-11(2)15-8-13-5-4-6-17(9-13)10-14-7-12(3)18-16-14/h7,11,13,15H,4-6,8-10H2,1-3H3. The van der Waals surface area contributed by atoms with Gasteiger partial charge in [-0.15, -0.1) is 0 Å². The van der Waals surface area contributed by atoms with Crippen LogP contribution in [0.15, 0.2) is 10.6 Å². The third-order valence-electron chi connectivity index (χ3n) is 3.48. The van der Waals surface area contributed by atoms with E-state index in [0.717, 1.165) is 30.5 Å². The van der Waals surface area contributed by atoms with Gasteiger partial charge in [0.2, 0.25) is 0 Å². The van der Waals surface area contributed by atoms with Crippen LogP contribution < -0.4 is 5.32 Å². The third-order valence-corrected chi connectivity index (χ3v) is 3.48. The van der Waals surface area contributed by atoms with Crippen molar-refractivity contribution in [3.8, 4) is 0 Å². The number of rotatable bonds is 5. The lowest BCUT2D eigenvalue weighted by molar-refractivity contribution is 0.160. The summed E-state index contributed by atoms with van der Waals surface area (Å²) in [6.45, 7) is 10.8. The smallest absolute Gasteiger partial charge is 0.133 e. The molecule has 0 bridgehead atoms. The molecule has 4 nitrogen and oxygen atoms in total. The summed E-state index contributed by atoms with van der Waals surface area (Å²) in [4.78, 5) is 2.49. The lowest BCUT2D eigenvalue weighted by atomic mass is 9.97. The SMILES string of the molecule is Cc1cc(CN2CCCC(CNC(C)C)C2)no1. The lowest BCUT2D eigenvalue weighted by Gasteiger charge is -2.32. The Balaban J connectivity index is 1.79. The molecule has 1 atom stereocenters. The zero-order valence-corrected chi connectivity index (χ0v) is 11.8. The van der Waals surface area contributed by atoms with Gasteiger partial charge in [0.15, 0.2) is 0 Å². The molecule has 2 rings (SSSR count). The van der Waals surface area contributed by atoms with Crippen LogP contribution in [0.25, 0.3) is 0 Å². The first-order chi connectivity index (χ1) is 8.63. The minimum atomic E-state index is 0.582. The van der Waals surface area contributed by atoms with E-state index in [1.54, 1.807) is 0 Å². The predicted octanol–water partition coefficient (Wildman–Crippen LogP) is 2.19. The molecule has 1 unspecified atom stereocenters. The van der Waals surface area contributed by atoms with E-state index in [9.17, 15) is 0 Å². The normalized spacial score (nSPS) is 21.7. The van der Waals surface area contributed by atoms with Crippen LogP contribution in [0.3, 0.4) is 0 Å². The van der Waals surface area contributed by atoms with E-state index in [1.807, 2.05) is 13.0 Å². The Morgan fingerprint density at radius 2 is 2.39 bits per heavy atom. The minimum absolute atomic E-state index is 0.582. The summed E-state index contributed by atoms with van der Waals surface area (Å²) in [5, 5.41) is 7.62. The first-order valence-corrected chi connectivity index (χ1v) is 7.01. The van der Waals surface area contributed by atoms with E-state index < -0.39 is 0 Å². The van der Waals surface area contributed by atoms with Crippen LogP contribution in [-0.2, 0) is 6.54 Å². The Morgan fingerprint density at radius 1 is 1.56 bits per heavy atom. The number of piperidine rings is 1. The molecule has 1 saturated heterocycles. The summed E-state index contributed by atoms with van der Waals surface area (Å²) < 4.78 is 5.12. The molecule has 0 saturated carbocycles. The second-order valence-electron chi connectivity index (χ2n) is 5.74. The summed E-state index contributed by atoms with van der Waals surface area (Å²) in [7, 11) is 0. The number of aryl methyl sites for hydroxylation is 1. The van der Waals surface area contributed by atoms with Gasteiger partial charge in [0, 0.05) is 25.2 Å². The summed E-state index contributed by atoms with van der Waals surface area (Å²) in [6, 6.07) is 2.62. The molecule has 18 heavy (non-hydrogen) atoms. The summed E-state index contributed by atoms with van der Waals surface area (Å²) >= 11 is 0. The van der Waals surface area contributed by atoms with Gasteiger partial charge in [0.05, 0.1) is 5.69 Å². The molecular formula is C14H25N3O. The number of likely N-dealkylation sites (tertiary alicyclic amines) is 1. The first kappa shape index (κ1) is 13.6. The molecule has 1 aliphatic heterocycles. The van der Waals surface area contributed by atoms with Crippen LogP contribution in [0, 0.1) is 12.8 Å². The maximum atomic E-state index is 5.12. The number of hydrogen-bond acceptors (Lipinski definition) is 4.